The molecule has 20 unspecified atom stereocenters. The molecule has 4 saturated carbocycles. The Morgan fingerprint density at radius 2 is 0.450 bits per heavy atom. The van der Waals surface area contributed by atoms with Gasteiger partial charge in [0.2, 0.25) is 0 Å². The Labute approximate surface area is 414 Å². The van der Waals surface area contributed by atoms with Crippen molar-refractivity contribution in [2.24, 2.45) is 47.3 Å². The van der Waals surface area contributed by atoms with Crippen molar-refractivity contribution in [1.82, 2.24) is 42.5 Å². The first kappa shape index (κ1) is 53.2. The van der Waals surface area contributed by atoms with Crippen LogP contribution < -0.4 is 42.5 Å². The van der Waals surface area contributed by atoms with Crippen LogP contribution in [-0.4, -0.2) is 122 Å². The van der Waals surface area contributed by atoms with Gasteiger partial charge in [0.1, 0.15) is 20.2 Å². The van der Waals surface area contributed by atoms with Gasteiger partial charge in [0.05, 0.1) is 90.6 Å². The summed E-state index contributed by atoms with van der Waals surface area (Å²) >= 11 is 0. The predicted octanol–water partition coefficient (Wildman–Crippen LogP) is -3.31. The standard InChI is InChI=1S/C32H56N8O12S4.4Ag/c41-53(42,43)21-19-20(22(54(44,45)46)24(56(50,51)52)23(21)55(47,48)49)32-39-30-18-12-6-4-10-16(18)28(37-30)35-26-14-8-2-1-7-13(14)25(33-26)34-27-15-9-3-5-11-17(15)29(36-27)38-31(19)40-32;;;;/h13-40H,1-12H2,(H,41,42,43)(H,44,45,46)(H,47,48,49)(H,50,51,52);;;;/q;4*+1/p-4. The average Bonchev–Trinajstić information content (AvgIpc) is 3.84. The summed E-state index contributed by atoms with van der Waals surface area (Å²) in [5.41, 5.74) is 0. The molecule has 60 heavy (non-hydrogen) atoms. The fourth-order valence-corrected chi connectivity index (χ4v) is 20.5. The smallest absolute Gasteiger partial charge is 0.748 e. The van der Waals surface area contributed by atoms with E-state index in [4.69, 9.17) is 0 Å². The summed E-state index contributed by atoms with van der Waals surface area (Å²) in [5, 5.41) is 16.2. The average molecular weight is 1300 g/mol. The molecule has 5 saturated heterocycles. The SMILES string of the molecule is O=S(=O)([O-])C1C2C3NC4NC(NC5NC(NC6NC(NC(N3)C2C(S(=O)(=O)[O-])C(S(=O)(=O)[O-])C1S(=O)(=O)[O-])C1CCCCC61)C1CCCCC51)C1CCCCC41.[Ag+].[Ag+].[Ag+].[Ag+]. The normalized spacial score (nSPS) is 47.7. The van der Waals surface area contributed by atoms with Gasteiger partial charge in [0.25, 0.3) is 0 Å². The van der Waals surface area contributed by atoms with Gasteiger partial charge in [-0.3, -0.25) is 42.5 Å². The number of nitrogens with one attached hydrogen (secondary N) is 8. The molecular formula is C32H52Ag4N8O12S4. The monoisotopic (exact) mass is 1300 g/mol. The number of rotatable bonds is 4. The van der Waals surface area contributed by atoms with Crippen LogP contribution in [0.3, 0.4) is 0 Å². The Kier molecular flexibility index (Phi) is 17.5. The Bertz CT molecular complexity index is 1870. The molecule has 9 rings (SSSR count). The number of hydrogen-bond donors (Lipinski definition) is 8. The van der Waals surface area contributed by atoms with Crippen LogP contribution in [0.4, 0.5) is 0 Å². The van der Waals surface area contributed by atoms with Crippen LogP contribution in [0.1, 0.15) is 77.0 Å². The molecule has 5 aliphatic heterocycles. The minimum absolute atomic E-state index is 0. The van der Waals surface area contributed by atoms with E-state index < -0.39 is 98.0 Å². The molecule has 5 heterocycles. The van der Waals surface area contributed by atoms with Crippen molar-refractivity contribution < 1.29 is 141 Å². The Morgan fingerprint density at radius 1 is 0.283 bits per heavy atom. The first-order valence-electron chi connectivity index (χ1n) is 20.2. The van der Waals surface area contributed by atoms with Crippen molar-refractivity contribution in [2.45, 2.75) is 147 Å². The van der Waals surface area contributed by atoms with Gasteiger partial charge < -0.3 is 18.2 Å². The molecule has 4 aliphatic carbocycles. The van der Waals surface area contributed by atoms with E-state index in [0.717, 1.165) is 77.0 Å². The molecule has 20 atom stereocenters. The second kappa shape index (κ2) is 19.7. The summed E-state index contributed by atoms with van der Waals surface area (Å²) in [6.45, 7) is 0. The minimum atomic E-state index is -6.22. The van der Waals surface area contributed by atoms with Crippen molar-refractivity contribution in [3.63, 3.8) is 0 Å². The summed E-state index contributed by atoms with van der Waals surface area (Å²) in [6.07, 6.45) is 6.60. The molecule has 8 bridgehead atoms. The van der Waals surface area contributed by atoms with Crippen LogP contribution in [0.5, 0.6) is 0 Å². The molecule has 9 fully saturated rings. The quantitative estimate of drug-likeness (QED) is 0.101. The second-order valence-electron chi connectivity index (χ2n) is 18.0. The Balaban J connectivity index is 0.00000171. The fraction of sp³-hybridized carbons (Fsp3) is 1.00. The van der Waals surface area contributed by atoms with E-state index in [9.17, 15) is 51.9 Å². The van der Waals surface area contributed by atoms with Gasteiger partial charge in [-0.2, -0.15) is 0 Å². The zero-order valence-corrected chi connectivity index (χ0v) is 41.0. The van der Waals surface area contributed by atoms with Crippen molar-refractivity contribution in [3.05, 3.63) is 0 Å². The second-order valence-corrected chi connectivity index (χ2v) is 24.1. The van der Waals surface area contributed by atoms with Crippen LogP contribution in [0.2, 0.25) is 0 Å². The molecule has 0 aromatic carbocycles. The summed E-state index contributed by atoms with van der Waals surface area (Å²) in [7, 11) is -24.4. The van der Waals surface area contributed by atoms with Gasteiger partial charge in [-0.05, 0) is 74.0 Å². The van der Waals surface area contributed by atoms with Gasteiger partial charge in [0, 0.05) is 11.8 Å². The van der Waals surface area contributed by atoms with Crippen LogP contribution in [0.15, 0.2) is 0 Å². The molecular weight excluding hydrogens is 1250 g/mol. The van der Waals surface area contributed by atoms with Gasteiger partial charge in [-0.15, -0.1) is 0 Å². The maximum absolute atomic E-state index is 13.3. The molecule has 0 radical (unpaired) electrons. The minimum Gasteiger partial charge on any atom is -0.748 e. The van der Waals surface area contributed by atoms with Crippen molar-refractivity contribution in [3.8, 4) is 0 Å². The number of hydrogen-bond acceptors (Lipinski definition) is 20. The van der Waals surface area contributed by atoms with E-state index in [1.165, 1.54) is 0 Å². The third kappa shape index (κ3) is 9.77. The van der Waals surface area contributed by atoms with Crippen LogP contribution >= 0.6 is 0 Å². The molecule has 0 aromatic rings. The first-order valence-corrected chi connectivity index (χ1v) is 26.1. The van der Waals surface area contributed by atoms with Gasteiger partial charge >= 0.3 is 89.5 Å². The first-order chi connectivity index (χ1) is 26.3. The van der Waals surface area contributed by atoms with Crippen LogP contribution in [0.25, 0.3) is 0 Å². The molecule has 9 aliphatic rings. The van der Waals surface area contributed by atoms with Crippen LogP contribution in [0, 0.1) is 47.3 Å². The number of fused-ring (bicyclic) bond motifs is 20. The molecule has 0 aromatic heterocycles. The van der Waals surface area contributed by atoms with Crippen molar-refractivity contribution in [1.29, 1.82) is 0 Å². The largest absolute Gasteiger partial charge is 1.00 e. The fourth-order valence-electron chi connectivity index (χ4n) is 13.4. The van der Waals surface area contributed by atoms with E-state index >= 15 is 0 Å². The summed E-state index contributed by atoms with van der Waals surface area (Å²) in [4.78, 5) is 0. The molecule has 360 valence electrons. The van der Waals surface area contributed by atoms with Gasteiger partial charge in [-0.25, -0.2) is 33.7 Å². The maximum atomic E-state index is 13.3. The summed E-state index contributed by atoms with van der Waals surface area (Å²) in [5.74, 6) is -3.14. The van der Waals surface area contributed by atoms with Crippen molar-refractivity contribution in [2.75, 3.05) is 0 Å². The predicted molar refractivity (Wildman–Crippen MR) is 193 cm³/mol. The molecule has 0 spiro atoms. The Hall–Kier alpha value is 2.28. The third-order valence-corrected chi connectivity index (χ3v) is 20.9. The van der Waals surface area contributed by atoms with Crippen LogP contribution in [-0.2, 0) is 130 Å². The zero-order chi connectivity index (χ0) is 39.7. The van der Waals surface area contributed by atoms with E-state index in [-0.39, 0.29) is 138 Å². The van der Waals surface area contributed by atoms with E-state index in [0.29, 0.717) is 11.8 Å². The maximum Gasteiger partial charge on any atom is 1.00 e. The summed E-state index contributed by atoms with van der Waals surface area (Å²) < 4.78 is 157. The van der Waals surface area contributed by atoms with Gasteiger partial charge in [-0.1, -0.05) is 38.5 Å². The van der Waals surface area contributed by atoms with E-state index in [2.05, 4.69) is 42.5 Å². The van der Waals surface area contributed by atoms with Gasteiger partial charge in [0.15, 0.2) is 0 Å². The summed E-state index contributed by atoms with van der Waals surface area (Å²) in [6, 6.07) is 0. The van der Waals surface area contributed by atoms with E-state index in [1.807, 2.05) is 0 Å². The van der Waals surface area contributed by atoms with E-state index in [1.54, 1.807) is 0 Å². The molecule has 8 N–H and O–H groups in total. The molecule has 20 nitrogen and oxygen atoms in total. The topological polar surface area (TPSA) is 325 Å². The third-order valence-electron chi connectivity index (χ3n) is 15.3. The molecule has 0 amide bonds. The Morgan fingerprint density at radius 3 is 0.633 bits per heavy atom. The molecule has 28 heteroatoms. The zero-order valence-electron chi connectivity index (χ0n) is 31.8. The van der Waals surface area contributed by atoms with Crippen molar-refractivity contribution >= 4 is 40.5 Å².